The monoisotopic (exact) mass is 598 g/mol. The molecule has 2 saturated heterocycles. The van der Waals surface area contributed by atoms with Gasteiger partial charge in [-0.15, -0.1) is 0 Å². The lowest BCUT2D eigenvalue weighted by atomic mass is 9.98. The van der Waals surface area contributed by atoms with E-state index in [-0.39, 0.29) is 29.9 Å². The number of phenols is 2. The van der Waals surface area contributed by atoms with Gasteiger partial charge >= 0.3 is 0 Å². The van der Waals surface area contributed by atoms with Gasteiger partial charge in [0.2, 0.25) is 12.6 Å². The Kier molecular flexibility index (Phi) is 10.2. The fourth-order valence-electron chi connectivity index (χ4n) is 4.65. The summed E-state index contributed by atoms with van der Waals surface area (Å²) >= 11 is 0. The highest BCUT2D eigenvalue weighted by Gasteiger charge is 2.46. The molecule has 42 heavy (non-hydrogen) atoms. The van der Waals surface area contributed by atoms with E-state index in [9.17, 15) is 55.9 Å². The van der Waals surface area contributed by atoms with Gasteiger partial charge in [-0.3, -0.25) is 4.79 Å². The highest BCUT2D eigenvalue weighted by atomic mass is 16.7. The van der Waals surface area contributed by atoms with Crippen molar-refractivity contribution >= 4 is 5.78 Å². The Labute approximate surface area is 239 Å². The number of aliphatic hydroxyl groups is 8. The summed E-state index contributed by atoms with van der Waals surface area (Å²) in [5, 5.41) is 100. The van der Waals surface area contributed by atoms with E-state index in [1.165, 1.54) is 12.1 Å². The van der Waals surface area contributed by atoms with E-state index >= 15 is 0 Å². The Bertz CT molecular complexity index is 1200. The number of Topliss-reactive ketones (excluding diaryl/α,β-unsaturated/α-hetero) is 1. The normalized spacial score (nSPS) is 33.2. The number of hydrogen-bond donors (Lipinski definition) is 10. The second kappa shape index (κ2) is 13.5. The molecule has 0 aliphatic carbocycles. The van der Waals surface area contributed by atoms with E-state index in [2.05, 4.69) is 0 Å². The second-order valence-electron chi connectivity index (χ2n) is 10.0. The lowest BCUT2D eigenvalue weighted by Gasteiger charge is -2.40. The van der Waals surface area contributed by atoms with Crippen LogP contribution in [0.2, 0.25) is 0 Å². The first kappa shape index (κ1) is 31.8. The number of carbonyl (C=O) groups is 1. The number of ether oxygens (including phenoxy) is 4. The largest absolute Gasteiger partial charge is 0.508 e. The predicted octanol–water partition coefficient (Wildman–Crippen LogP) is -2.73. The van der Waals surface area contributed by atoms with Crippen LogP contribution in [0.5, 0.6) is 23.0 Å². The van der Waals surface area contributed by atoms with E-state index in [1.807, 2.05) is 0 Å². The Balaban J connectivity index is 1.64. The van der Waals surface area contributed by atoms with Crippen molar-refractivity contribution in [1.29, 1.82) is 0 Å². The number of benzene rings is 2. The third-order valence-corrected chi connectivity index (χ3v) is 7.10. The summed E-state index contributed by atoms with van der Waals surface area (Å²) in [7, 11) is 0. The van der Waals surface area contributed by atoms with Gasteiger partial charge in [-0.25, -0.2) is 0 Å². The van der Waals surface area contributed by atoms with Crippen LogP contribution in [0.25, 0.3) is 0 Å². The molecule has 10 N–H and O–H groups in total. The minimum atomic E-state index is -1.86. The quantitative estimate of drug-likeness (QED) is 0.125. The second-order valence-corrected chi connectivity index (χ2v) is 10.0. The lowest BCUT2D eigenvalue weighted by molar-refractivity contribution is -0.278. The maximum atomic E-state index is 13.3. The fourth-order valence-corrected chi connectivity index (χ4v) is 4.65. The molecule has 0 saturated carbocycles. The van der Waals surface area contributed by atoms with Gasteiger partial charge in [-0.05, 0) is 24.1 Å². The van der Waals surface area contributed by atoms with Crippen LogP contribution in [0.3, 0.4) is 0 Å². The molecule has 10 atom stereocenters. The number of carbonyl (C=O) groups excluding carboxylic acids is 1. The van der Waals surface area contributed by atoms with E-state index in [0.29, 0.717) is 5.56 Å². The highest BCUT2D eigenvalue weighted by Crippen LogP contribution is 2.38. The van der Waals surface area contributed by atoms with Crippen molar-refractivity contribution < 1.29 is 74.8 Å². The highest BCUT2D eigenvalue weighted by molar-refractivity contribution is 6.01. The van der Waals surface area contributed by atoms with Crippen molar-refractivity contribution in [3.05, 3.63) is 47.5 Å². The van der Waals surface area contributed by atoms with E-state index in [4.69, 9.17) is 18.9 Å². The zero-order valence-electron chi connectivity index (χ0n) is 22.1. The zero-order valence-corrected chi connectivity index (χ0v) is 22.1. The molecular weight excluding hydrogens is 564 g/mol. The lowest BCUT2D eigenvalue weighted by Crippen LogP contribution is -2.60. The van der Waals surface area contributed by atoms with Crippen LogP contribution in [0.15, 0.2) is 36.4 Å². The van der Waals surface area contributed by atoms with Crippen LogP contribution < -0.4 is 9.47 Å². The Morgan fingerprint density at radius 2 is 1.24 bits per heavy atom. The molecule has 0 amide bonds. The van der Waals surface area contributed by atoms with Crippen LogP contribution in [-0.2, 0) is 15.9 Å². The molecule has 0 spiro atoms. The molecule has 2 heterocycles. The van der Waals surface area contributed by atoms with Crippen molar-refractivity contribution in [2.24, 2.45) is 0 Å². The van der Waals surface area contributed by atoms with Crippen LogP contribution in [0.1, 0.15) is 22.3 Å². The molecule has 0 bridgehead atoms. The van der Waals surface area contributed by atoms with E-state index < -0.39 is 91.9 Å². The maximum absolute atomic E-state index is 13.3. The van der Waals surface area contributed by atoms with Gasteiger partial charge in [0.15, 0.2) is 5.78 Å². The van der Waals surface area contributed by atoms with Crippen LogP contribution in [-0.4, -0.2) is 131 Å². The first-order valence-corrected chi connectivity index (χ1v) is 13.1. The number of rotatable bonds is 10. The van der Waals surface area contributed by atoms with Crippen molar-refractivity contribution in [2.75, 3.05) is 13.2 Å². The Morgan fingerprint density at radius 3 is 1.76 bits per heavy atom. The molecule has 2 aliphatic rings. The van der Waals surface area contributed by atoms with Gasteiger partial charge in [0.05, 0.1) is 13.2 Å². The van der Waals surface area contributed by atoms with Crippen molar-refractivity contribution in [3.63, 3.8) is 0 Å². The number of hydrogen-bond acceptors (Lipinski definition) is 15. The summed E-state index contributed by atoms with van der Waals surface area (Å²) in [6, 6.07) is 8.13. The number of phenolic OH excluding ortho intramolecular Hbond substituents is 2. The van der Waals surface area contributed by atoms with Gasteiger partial charge < -0.3 is 70.0 Å². The summed E-state index contributed by atoms with van der Waals surface area (Å²) in [5.41, 5.74) is 0.312. The van der Waals surface area contributed by atoms with E-state index in [0.717, 1.165) is 12.1 Å². The van der Waals surface area contributed by atoms with Crippen molar-refractivity contribution in [3.8, 4) is 23.0 Å². The first-order chi connectivity index (χ1) is 19.9. The molecule has 0 radical (unpaired) electrons. The Hall–Kier alpha value is -3.09. The first-order valence-electron chi connectivity index (χ1n) is 13.1. The molecule has 2 aromatic carbocycles. The minimum Gasteiger partial charge on any atom is -0.508 e. The van der Waals surface area contributed by atoms with Gasteiger partial charge in [-0.2, -0.15) is 0 Å². The molecule has 4 rings (SSSR count). The number of aromatic hydroxyl groups is 2. The molecular formula is C27H34O15. The van der Waals surface area contributed by atoms with Crippen molar-refractivity contribution in [2.45, 2.75) is 74.3 Å². The molecule has 15 nitrogen and oxygen atoms in total. The van der Waals surface area contributed by atoms with Crippen molar-refractivity contribution in [1.82, 2.24) is 0 Å². The average molecular weight is 599 g/mol. The summed E-state index contributed by atoms with van der Waals surface area (Å²) in [6.45, 7) is -1.48. The SMILES string of the molecule is O=C(CCc1ccc(O)cc1)c1c(O)cc(O[C@@H]2O[C@H](CO)[C@@H](O)[C@H](O)[C@H]2O)cc1O[C@@H]1O[C@H](CO)[C@@H](O)[C@H](O)[C@H]1O. The average Bonchev–Trinajstić information content (AvgIpc) is 2.97. The summed E-state index contributed by atoms with van der Waals surface area (Å²) in [4.78, 5) is 13.3. The number of aliphatic hydroxyl groups excluding tert-OH is 8. The molecule has 2 aromatic rings. The molecule has 2 fully saturated rings. The topological polar surface area (TPSA) is 256 Å². The number of ketones is 1. The minimum absolute atomic E-state index is 0.0351. The molecule has 15 heteroatoms. The predicted molar refractivity (Wildman–Crippen MR) is 138 cm³/mol. The molecule has 2 aliphatic heterocycles. The van der Waals surface area contributed by atoms with Crippen LogP contribution in [0.4, 0.5) is 0 Å². The van der Waals surface area contributed by atoms with Crippen LogP contribution in [0, 0.1) is 0 Å². The van der Waals surface area contributed by atoms with Crippen LogP contribution >= 0.6 is 0 Å². The smallest absolute Gasteiger partial charge is 0.229 e. The van der Waals surface area contributed by atoms with Gasteiger partial charge in [0, 0.05) is 18.6 Å². The summed E-state index contributed by atoms with van der Waals surface area (Å²) < 4.78 is 21.9. The summed E-state index contributed by atoms with van der Waals surface area (Å²) in [6.07, 6.45) is -16.6. The standard InChI is InChI=1S/C27H34O15/c28-9-17-20(33)22(35)24(37)26(41-17)39-13-7-15(32)19(14(31)6-3-11-1-4-12(30)5-2-11)16(8-13)40-27-25(38)23(36)21(34)18(10-29)42-27/h1-2,4-5,7-8,17-18,20-30,32-38H,3,6,9-10H2/t17-,18-,20-,21-,22+,23+,24-,25-,26-,27-/m1/s1. The molecule has 0 aromatic heterocycles. The summed E-state index contributed by atoms with van der Waals surface area (Å²) in [5.74, 6) is -1.99. The zero-order chi connectivity index (χ0) is 30.7. The van der Waals surface area contributed by atoms with Gasteiger partial charge in [0.25, 0.3) is 0 Å². The van der Waals surface area contributed by atoms with Gasteiger partial charge in [0.1, 0.15) is 77.4 Å². The Morgan fingerprint density at radius 1 is 0.714 bits per heavy atom. The third kappa shape index (κ3) is 6.76. The third-order valence-electron chi connectivity index (χ3n) is 7.10. The fraction of sp³-hybridized carbons (Fsp3) is 0.519. The van der Waals surface area contributed by atoms with E-state index in [1.54, 1.807) is 12.1 Å². The number of aryl methyl sites for hydroxylation is 1. The van der Waals surface area contributed by atoms with Gasteiger partial charge in [-0.1, -0.05) is 12.1 Å². The molecule has 232 valence electrons. The molecule has 0 unspecified atom stereocenters. The maximum Gasteiger partial charge on any atom is 0.229 e.